The van der Waals surface area contributed by atoms with E-state index >= 15 is 0 Å². The molecule has 134 valence electrons. The molecule has 6 heteroatoms. The van der Waals surface area contributed by atoms with Crippen LogP contribution in [0.1, 0.15) is 24.8 Å². The Balaban J connectivity index is 1.92. The third-order valence-corrected chi connectivity index (χ3v) is 3.75. The number of nitrogens with one attached hydrogen (secondary N) is 2. The van der Waals surface area contributed by atoms with E-state index in [4.69, 9.17) is 4.74 Å². The van der Waals surface area contributed by atoms with Crippen molar-refractivity contribution in [2.24, 2.45) is 0 Å². The minimum Gasteiger partial charge on any atom is -0.491 e. The molecule has 0 saturated carbocycles. The first-order valence-corrected chi connectivity index (χ1v) is 8.27. The summed E-state index contributed by atoms with van der Waals surface area (Å²) < 4.78 is 18.9. The second-order valence-electron chi connectivity index (χ2n) is 5.53. The monoisotopic (exact) mass is 346 g/mol. The van der Waals surface area contributed by atoms with Crippen molar-refractivity contribution in [2.75, 3.05) is 25.1 Å². The molecule has 2 aromatic rings. The highest BCUT2D eigenvalue weighted by molar-refractivity contribution is 5.89. The van der Waals surface area contributed by atoms with E-state index in [1.165, 1.54) is 12.1 Å². The first kappa shape index (κ1) is 18.7. The van der Waals surface area contributed by atoms with Crippen molar-refractivity contribution in [1.29, 1.82) is 0 Å². The highest BCUT2D eigenvalue weighted by Gasteiger charge is 2.13. The zero-order valence-corrected chi connectivity index (χ0v) is 14.2. The number of urea groups is 1. The highest BCUT2D eigenvalue weighted by atomic mass is 19.1. The number of benzene rings is 2. The Kier molecular flexibility index (Phi) is 7.22. The molecule has 3 N–H and O–H groups in total. The van der Waals surface area contributed by atoms with Crippen molar-refractivity contribution in [1.82, 2.24) is 5.32 Å². The van der Waals surface area contributed by atoms with Gasteiger partial charge in [-0.2, -0.15) is 0 Å². The van der Waals surface area contributed by atoms with Crippen LogP contribution in [-0.4, -0.2) is 30.9 Å². The van der Waals surface area contributed by atoms with Gasteiger partial charge in [0.05, 0.1) is 6.61 Å². The van der Waals surface area contributed by atoms with Crippen molar-refractivity contribution in [2.45, 2.75) is 19.3 Å². The Morgan fingerprint density at radius 1 is 1.24 bits per heavy atom. The van der Waals surface area contributed by atoms with Gasteiger partial charge in [-0.15, -0.1) is 0 Å². The Hall–Kier alpha value is -2.60. The number of amides is 2. The van der Waals surface area contributed by atoms with Crippen LogP contribution in [-0.2, 0) is 0 Å². The number of ether oxygens (including phenoxy) is 1. The van der Waals surface area contributed by atoms with Gasteiger partial charge in [-0.3, -0.25) is 0 Å². The molecule has 25 heavy (non-hydrogen) atoms. The minimum atomic E-state index is -0.526. The first-order valence-electron chi connectivity index (χ1n) is 8.27. The van der Waals surface area contributed by atoms with Crippen LogP contribution < -0.4 is 15.4 Å². The number of carbonyl (C=O) groups excluding carboxylic acids is 1. The summed E-state index contributed by atoms with van der Waals surface area (Å²) in [6.07, 6.45) is 0.544. The molecule has 0 saturated heterocycles. The molecule has 2 amide bonds. The number of hydrogen-bond donors (Lipinski definition) is 3. The van der Waals surface area contributed by atoms with Gasteiger partial charge in [0, 0.05) is 30.8 Å². The molecule has 1 atom stereocenters. The van der Waals surface area contributed by atoms with Gasteiger partial charge in [-0.05, 0) is 31.0 Å². The number of aliphatic hydroxyl groups is 1. The van der Waals surface area contributed by atoms with Crippen molar-refractivity contribution in [3.05, 3.63) is 59.9 Å². The van der Waals surface area contributed by atoms with E-state index in [2.05, 4.69) is 10.6 Å². The standard InChI is InChI=1S/C19H23FN2O3/c1-2-25-18-9-8-16(12-17(18)20)22-19(24)21-13-15(10-11-23)14-6-4-3-5-7-14/h3-9,12,15,23H,2,10-11,13H2,1H3,(H2,21,22,24). The van der Waals surface area contributed by atoms with E-state index < -0.39 is 11.8 Å². The van der Waals surface area contributed by atoms with Crippen molar-refractivity contribution < 1.29 is 19.0 Å². The molecule has 2 rings (SSSR count). The summed E-state index contributed by atoms with van der Waals surface area (Å²) in [7, 11) is 0. The molecule has 0 aliphatic carbocycles. The van der Waals surface area contributed by atoms with Crippen LogP contribution in [0, 0.1) is 5.82 Å². The normalized spacial score (nSPS) is 11.6. The summed E-state index contributed by atoms with van der Waals surface area (Å²) in [5.74, 6) is -0.364. The molecule has 0 fully saturated rings. The van der Waals surface area contributed by atoms with Crippen LogP contribution in [0.3, 0.4) is 0 Å². The lowest BCUT2D eigenvalue weighted by molar-refractivity contribution is 0.248. The maximum Gasteiger partial charge on any atom is 0.319 e. The molecule has 0 bridgehead atoms. The van der Waals surface area contributed by atoms with E-state index in [9.17, 15) is 14.3 Å². The lowest BCUT2D eigenvalue weighted by Crippen LogP contribution is -2.32. The van der Waals surface area contributed by atoms with Gasteiger partial charge < -0.3 is 20.5 Å². The third-order valence-electron chi connectivity index (χ3n) is 3.75. The molecular weight excluding hydrogens is 323 g/mol. The second-order valence-corrected chi connectivity index (χ2v) is 5.53. The predicted octanol–water partition coefficient (Wildman–Crippen LogP) is 3.51. The predicted molar refractivity (Wildman–Crippen MR) is 95.5 cm³/mol. The molecular formula is C19H23FN2O3. The smallest absolute Gasteiger partial charge is 0.319 e. The van der Waals surface area contributed by atoms with Gasteiger partial charge in [-0.1, -0.05) is 30.3 Å². The highest BCUT2D eigenvalue weighted by Crippen LogP contribution is 2.21. The Labute approximate surface area is 146 Å². The number of hydrogen-bond acceptors (Lipinski definition) is 3. The number of halogens is 1. The maximum atomic E-state index is 13.8. The van der Waals surface area contributed by atoms with Gasteiger partial charge in [-0.25, -0.2) is 9.18 Å². The van der Waals surface area contributed by atoms with Gasteiger partial charge in [0.1, 0.15) is 0 Å². The van der Waals surface area contributed by atoms with Crippen LogP contribution in [0.4, 0.5) is 14.9 Å². The second kappa shape index (κ2) is 9.64. The van der Waals surface area contributed by atoms with Crippen LogP contribution in [0.5, 0.6) is 5.75 Å². The van der Waals surface area contributed by atoms with Crippen LogP contribution in [0.25, 0.3) is 0 Å². The topological polar surface area (TPSA) is 70.6 Å². The SMILES string of the molecule is CCOc1ccc(NC(=O)NCC(CCO)c2ccccc2)cc1F. The van der Waals surface area contributed by atoms with E-state index in [0.717, 1.165) is 5.56 Å². The zero-order valence-electron chi connectivity index (χ0n) is 14.2. The summed E-state index contributed by atoms with van der Waals surface area (Å²) in [6.45, 7) is 2.55. The van der Waals surface area contributed by atoms with Gasteiger partial charge >= 0.3 is 6.03 Å². The quantitative estimate of drug-likeness (QED) is 0.685. The average molecular weight is 346 g/mol. The maximum absolute atomic E-state index is 13.8. The van der Waals surface area contributed by atoms with Gasteiger partial charge in [0.25, 0.3) is 0 Å². The fourth-order valence-electron chi connectivity index (χ4n) is 2.51. The molecule has 0 spiro atoms. The number of carbonyl (C=O) groups is 1. The molecule has 1 unspecified atom stereocenters. The largest absolute Gasteiger partial charge is 0.491 e. The molecule has 0 radical (unpaired) electrons. The number of rotatable bonds is 8. The fraction of sp³-hybridized carbons (Fsp3) is 0.316. The zero-order chi connectivity index (χ0) is 18.1. The molecule has 0 aliphatic heterocycles. The number of aliphatic hydroxyl groups excluding tert-OH is 1. The number of anilines is 1. The summed E-state index contributed by atoms with van der Waals surface area (Å²) in [5.41, 5.74) is 1.39. The van der Waals surface area contributed by atoms with E-state index in [1.54, 1.807) is 13.0 Å². The summed E-state index contributed by atoms with van der Waals surface area (Å²) >= 11 is 0. The third kappa shape index (κ3) is 5.76. The first-order chi connectivity index (χ1) is 12.1. The van der Waals surface area contributed by atoms with Crippen LogP contribution in [0.15, 0.2) is 48.5 Å². The molecule has 0 heterocycles. The van der Waals surface area contributed by atoms with Gasteiger partial charge in [0.2, 0.25) is 0 Å². The average Bonchev–Trinajstić information content (AvgIpc) is 2.62. The van der Waals surface area contributed by atoms with Crippen molar-refractivity contribution in [3.8, 4) is 5.75 Å². The minimum absolute atomic E-state index is 0.00835. The van der Waals surface area contributed by atoms with E-state index in [-0.39, 0.29) is 18.3 Å². The molecule has 5 nitrogen and oxygen atoms in total. The van der Waals surface area contributed by atoms with E-state index in [1.807, 2.05) is 30.3 Å². The summed E-state index contributed by atoms with van der Waals surface area (Å²) in [4.78, 5) is 12.0. The summed E-state index contributed by atoms with van der Waals surface area (Å²) in [6, 6.07) is 13.5. The lowest BCUT2D eigenvalue weighted by Gasteiger charge is -2.17. The van der Waals surface area contributed by atoms with Crippen LogP contribution in [0.2, 0.25) is 0 Å². The molecule has 0 aromatic heterocycles. The fourth-order valence-corrected chi connectivity index (χ4v) is 2.51. The summed E-state index contributed by atoms with van der Waals surface area (Å²) in [5, 5.41) is 14.6. The Morgan fingerprint density at radius 3 is 2.64 bits per heavy atom. The lowest BCUT2D eigenvalue weighted by atomic mass is 9.96. The Bertz CT molecular complexity index is 680. The molecule has 0 aliphatic rings. The van der Waals surface area contributed by atoms with Crippen molar-refractivity contribution >= 4 is 11.7 Å². The Morgan fingerprint density at radius 2 is 2.00 bits per heavy atom. The van der Waals surface area contributed by atoms with Gasteiger partial charge in [0.15, 0.2) is 11.6 Å². The van der Waals surface area contributed by atoms with Crippen LogP contribution >= 0.6 is 0 Å². The van der Waals surface area contributed by atoms with E-state index in [0.29, 0.717) is 25.3 Å². The molecule has 2 aromatic carbocycles. The van der Waals surface area contributed by atoms with Crippen molar-refractivity contribution in [3.63, 3.8) is 0 Å².